The van der Waals surface area contributed by atoms with Crippen LogP contribution in [0.4, 0.5) is 0 Å². The highest BCUT2D eigenvalue weighted by molar-refractivity contribution is 7.89. The lowest BCUT2D eigenvalue weighted by Gasteiger charge is -2.09. The van der Waals surface area contributed by atoms with Crippen LogP contribution in [0.2, 0.25) is 0 Å². The van der Waals surface area contributed by atoms with E-state index in [1.54, 1.807) is 13.0 Å². The van der Waals surface area contributed by atoms with Gasteiger partial charge in [-0.15, -0.1) is 0 Å². The Labute approximate surface area is 190 Å². The number of rotatable bonds is 12. The van der Waals surface area contributed by atoms with Crippen LogP contribution in [-0.2, 0) is 26.0 Å². The van der Waals surface area contributed by atoms with Gasteiger partial charge in [-0.1, -0.05) is 6.92 Å². The average molecular weight is 480 g/mol. The summed E-state index contributed by atoms with van der Waals surface area (Å²) in [6.07, 6.45) is 0.348. The molecule has 2 rings (SSSR count). The second-order valence-corrected chi connectivity index (χ2v) is 8.68. The van der Waals surface area contributed by atoms with Gasteiger partial charge in [0.2, 0.25) is 10.0 Å². The van der Waals surface area contributed by atoms with Gasteiger partial charge >= 0.3 is 5.97 Å². The molecule has 11 nitrogen and oxygen atoms in total. The number of allylic oxidation sites excluding steroid dienone is 1. The van der Waals surface area contributed by atoms with E-state index >= 15 is 0 Å². The minimum absolute atomic E-state index is 0.0122. The zero-order chi connectivity index (χ0) is 24.6. The molecule has 0 fully saturated rings. The third-order valence-electron chi connectivity index (χ3n) is 4.43. The number of hydrogen-bond donors (Lipinski definition) is 4. The predicted molar refractivity (Wildman–Crippen MR) is 117 cm³/mol. The summed E-state index contributed by atoms with van der Waals surface area (Å²) in [5.74, 6) is -1.49. The summed E-state index contributed by atoms with van der Waals surface area (Å²) in [5.41, 5.74) is -0.231. The van der Waals surface area contributed by atoms with Crippen LogP contribution in [-0.4, -0.2) is 50.2 Å². The number of carbonyl (C=O) groups excluding carboxylic acids is 1. The molecular formula is C21H25N3O8S. The van der Waals surface area contributed by atoms with E-state index in [9.17, 15) is 23.1 Å². The summed E-state index contributed by atoms with van der Waals surface area (Å²) in [4.78, 5) is 22.6. The Bertz CT molecular complexity index is 1200. The number of amides is 1. The number of fused-ring (bicyclic) bond motifs is 1. The SMILES string of the molecule is CCNS(=O)(=O)c1ccc(OCCCC(=O)O)c2oc(CCNC(=O)/C(C#N)=C(\C)O)cc12. The lowest BCUT2D eigenvalue weighted by molar-refractivity contribution is -0.137. The number of nitrogens with zero attached hydrogens (tertiary/aromatic N) is 1. The molecule has 0 aliphatic rings. The van der Waals surface area contributed by atoms with E-state index in [-0.39, 0.29) is 60.6 Å². The van der Waals surface area contributed by atoms with Crippen molar-refractivity contribution >= 4 is 32.9 Å². The van der Waals surface area contributed by atoms with Crippen molar-refractivity contribution in [1.29, 1.82) is 5.26 Å². The van der Waals surface area contributed by atoms with E-state index in [2.05, 4.69) is 10.0 Å². The number of carboxylic acid groups (broad SMARTS) is 1. The topological polar surface area (TPSA) is 179 Å². The summed E-state index contributed by atoms with van der Waals surface area (Å²) in [6, 6.07) is 5.95. The van der Waals surface area contributed by atoms with Gasteiger partial charge in [0.15, 0.2) is 16.9 Å². The van der Waals surface area contributed by atoms with E-state index in [0.717, 1.165) is 0 Å². The molecule has 0 saturated heterocycles. The first-order chi connectivity index (χ1) is 15.6. The fourth-order valence-corrected chi connectivity index (χ4v) is 4.18. The van der Waals surface area contributed by atoms with Crippen molar-refractivity contribution in [2.24, 2.45) is 0 Å². The molecule has 2 aromatic rings. The van der Waals surface area contributed by atoms with Gasteiger partial charge in [-0.05, 0) is 31.5 Å². The molecule has 0 atom stereocenters. The van der Waals surface area contributed by atoms with E-state index in [1.165, 1.54) is 25.1 Å². The van der Waals surface area contributed by atoms with Gasteiger partial charge in [-0.3, -0.25) is 9.59 Å². The molecule has 0 bridgehead atoms. The highest BCUT2D eigenvalue weighted by Gasteiger charge is 2.22. The van der Waals surface area contributed by atoms with Crippen LogP contribution in [0.15, 0.2) is 38.8 Å². The summed E-state index contributed by atoms with van der Waals surface area (Å²) in [5, 5.41) is 29.8. The van der Waals surface area contributed by atoms with Gasteiger partial charge in [0.05, 0.1) is 11.5 Å². The molecule has 1 aromatic carbocycles. The number of nitrogens with one attached hydrogen (secondary N) is 2. The normalized spacial score (nSPS) is 12.2. The van der Waals surface area contributed by atoms with Crippen LogP contribution >= 0.6 is 0 Å². The van der Waals surface area contributed by atoms with Crippen molar-refractivity contribution < 1.29 is 37.4 Å². The molecule has 0 aliphatic heterocycles. The number of furan rings is 1. The standard InChI is InChI=1S/C21H25N3O8S/c1-3-24-33(29,30)18-7-6-17(31-10-4-5-19(26)27)20-15(18)11-14(32-20)8-9-23-21(28)16(12-22)13(2)25/h6-7,11,24-25H,3-5,8-10H2,1-2H3,(H,23,28)(H,26,27)/b16-13+. The van der Waals surface area contributed by atoms with Crippen LogP contribution in [0.1, 0.15) is 32.4 Å². The maximum Gasteiger partial charge on any atom is 0.303 e. The summed E-state index contributed by atoms with van der Waals surface area (Å²) < 4.78 is 39.0. The Morgan fingerprint density at radius 2 is 2.00 bits per heavy atom. The quantitative estimate of drug-likeness (QED) is 0.153. The van der Waals surface area contributed by atoms with E-state index in [0.29, 0.717) is 5.76 Å². The van der Waals surface area contributed by atoms with E-state index in [4.69, 9.17) is 19.5 Å². The Hall–Kier alpha value is -3.56. The molecule has 1 aromatic heterocycles. The molecule has 1 heterocycles. The number of benzene rings is 1. The number of ether oxygens (including phenoxy) is 1. The summed E-state index contributed by atoms with van der Waals surface area (Å²) in [6.45, 7) is 3.21. The predicted octanol–water partition coefficient (Wildman–Crippen LogP) is 1.99. The zero-order valence-electron chi connectivity index (χ0n) is 18.2. The minimum Gasteiger partial charge on any atom is -0.511 e. The molecule has 0 aliphatic carbocycles. The maximum absolute atomic E-state index is 12.6. The van der Waals surface area contributed by atoms with Crippen LogP contribution in [0.3, 0.4) is 0 Å². The molecule has 178 valence electrons. The van der Waals surface area contributed by atoms with Gasteiger partial charge in [-0.2, -0.15) is 5.26 Å². The van der Waals surface area contributed by atoms with Crippen LogP contribution in [0, 0.1) is 11.3 Å². The lowest BCUT2D eigenvalue weighted by atomic mass is 10.2. The van der Waals surface area contributed by atoms with Crippen molar-refractivity contribution in [3.63, 3.8) is 0 Å². The molecule has 0 unspecified atom stereocenters. The van der Waals surface area contributed by atoms with Gasteiger partial charge < -0.3 is 24.7 Å². The third-order valence-corrected chi connectivity index (χ3v) is 6.04. The second kappa shape index (κ2) is 11.3. The van der Waals surface area contributed by atoms with Gasteiger partial charge in [-0.25, -0.2) is 13.1 Å². The largest absolute Gasteiger partial charge is 0.511 e. The number of aliphatic hydroxyl groups is 1. The summed E-state index contributed by atoms with van der Waals surface area (Å²) in [7, 11) is -3.82. The number of carboxylic acids is 1. The fraction of sp³-hybridized carbons (Fsp3) is 0.381. The Balaban J connectivity index is 2.30. The highest BCUT2D eigenvalue weighted by Crippen LogP contribution is 2.34. The van der Waals surface area contributed by atoms with E-state index < -0.39 is 33.2 Å². The van der Waals surface area contributed by atoms with Crippen molar-refractivity contribution in [3.05, 3.63) is 35.3 Å². The third kappa shape index (κ3) is 6.71. The molecular weight excluding hydrogens is 454 g/mol. The van der Waals surface area contributed by atoms with Crippen LogP contribution in [0.5, 0.6) is 5.75 Å². The molecule has 12 heteroatoms. The number of nitriles is 1. The van der Waals surface area contributed by atoms with Crippen molar-refractivity contribution in [1.82, 2.24) is 10.0 Å². The first-order valence-electron chi connectivity index (χ1n) is 10.1. The Morgan fingerprint density at radius 3 is 2.61 bits per heavy atom. The number of aliphatic carboxylic acids is 1. The maximum atomic E-state index is 12.6. The lowest BCUT2D eigenvalue weighted by Crippen LogP contribution is -2.27. The van der Waals surface area contributed by atoms with Gasteiger partial charge in [0.25, 0.3) is 5.91 Å². The molecule has 0 spiro atoms. The first-order valence-corrected chi connectivity index (χ1v) is 11.6. The number of carbonyl (C=O) groups is 2. The molecule has 33 heavy (non-hydrogen) atoms. The first kappa shape index (κ1) is 25.7. The number of aliphatic hydroxyl groups excluding tert-OH is 1. The van der Waals surface area contributed by atoms with Crippen molar-refractivity contribution in [2.75, 3.05) is 19.7 Å². The fourth-order valence-electron chi connectivity index (χ4n) is 2.95. The number of sulfonamides is 1. The summed E-state index contributed by atoms with van der Waals surface area (Å²) >= 11 is 0. The Morgan fingerprint density at radius 1 is 1.27 bits per heavy atom. The monoisotopic (exact) mass is 479 g/mol. The molecule has 0 saturated carbocycles. The highest BCUT2D eigenvalue weighted by atomic mass is 32.2. The molecule has 1 amide bonds. The smallest absolute Gasteiger partial charge is 0.303 e. The van der Waals surface area contributed by atoms with Crippen molar-refractivity contribution in [3.8, 4) is 11.8 Å². The Kier molecular flexibility index (Phi) is 8.84. The zero-order valence-corrected chi connectivity index (χ0v) is 19.0. The van der Waals surface area contributed by atoms with E-state index in [1.807, 2.05) is 0 Å². The molecule has 4 N–H and O–H groups in total. The second-order valence-electron chi connectivity index (χ2n) is 6.94. The van der Waals surface area contributed by atoms with Gasteiger partial charge in [0, 0.05) is 31.3 Å². The number of hydrogen-bond acceptors (Lipinski definition) is 8. The average Bonchev–Trinajstić information content (AvgIpc) is 3.15. The van der Waals surface area contributed by atoms with Gasteiger partial charge in [0.1, 0.15) is 17.6 Å². The van der Waals surface area contributed by atoms with Crippen molar-refractivity contribution in [2.45, 2.75) is 38.0 Å². The van der Waals surface area contributed by atoms with Crippen LogP contribution < -0.4 is 14.8 Å². The molecule has 0 radical (unpaired) electrons. The van der Waals surface area contributed by atoms with Crippen LogP contribution in [0.25, 0.3) is 11.0 Å². The minimum atomic E-state index is -3.82.